The van der Waals surface area contributed by atoms with E-state index in [0.29, 0.717) is 44.9 Å². The minimum absolute atomic E-state index is 0.0513. The molecule has 32 heavy (non-hydrogen) atoms. The summed E-state index contributed by atoms with van der Waals surface area (Å²) in [6, 6.07) is 12.6. The molecule has 2 aromatic carbocycles. The van der Waals surface area contributed by atoms with E-state index in [0.717, 1.165) is 6.42 Å². The molecule has 3 aromatic heterocycles. The van der Waals surface area contributed by atoms with Crippen molar-refractivity contribution in [3.05, 3.63) is 80.6 Å². The Morgan fingerprint density at radius 2 is 1.84 bits per heavy atom. The number of hydrogen-bond acceptors (Lipinski definition) is 7. The monoisotopic (exact) mass is 430 g/mol. The lowest BCUT2D eigenvalue weighted by Gasteiger charge is -2.07. The van der Waals surface area contributed by atoms with Gasteiger partial charge in [-0.3, -0.25) is 4.79 Å². The van der Waals surface area contributed by atoms with Crippen LogP contribution in [0.5, 0.6) is 5.75 Å². The second-order valence-electron chi connectivity index (χ2n) is 7.56. The summed E-state index contributed by atoms with van der Waals surface area (Å²) in [5.41, 5.74) is 0.713. The second kappa shape index (κ2) is 7.49. The van der Waals surface area contributed by atoms with E-state index < -0.39 is 17.2 Å². The summed E-state index contributed by atoms with van der Waals surface area (Å²) >= 11 is 0. The topological polar surface area (TPSA) is 116 Å². The summed E-state index contributed by atoms with van der Waals surface area (Å²) in [5, 5.41) is 15.6. The first-order valence-electron chi connectivity index (χ1n) is 10.2. The molecule has 0 fully saturated rings. The maximum atomic E-state index is 13.4. The number of rotatable bonds is 4. The number of carbonyl (C=O) groups excluding carboxylic acids is 1. The smallest absolute Gasteiger partial charge is 0.347 e. The molecule has 0 radical (unpaired) electrons. The van der Waals surface area contributed by atoms with Crippen LogP contribution in [0.25, 0.3) is 32.8 Å². The number of carbonyl (C=O) groups is 1. The highest BCUT2D eigenvalue weighted by Gasteiger charge is 2.22. The van der Waals surface area contributed by atoms with Crippen LogP contribution < -0.4 is 11.3 Å². The Bertz CT molecular complexity index is 1640. The quantitative estimate of drug-likeness (QED) is 0.431. The number of aryl methyl sites for hydroxylation is 1. The number of nitrogens with zero attached hydrogens (tertiary/aromatic N) is 2. The van der Waals surface area contributed by atoms with Gasteiger partial charge in [-0.25, -0.2) is 9.59 Å². The molecular weight excluding hydrogens is 412 g/mol. The molecule has 5 aromatic rings. The van der Waals surface area contributed by atoms with Crippen LogP contribution in [0, 0.1) is 0 Å². The van der Waals surface area contributed by atoms with Crippen LogP contribution in [0.3, 0.4) is 0 Å². The van der Waals surface area contributed by atoms with Crippen molar-refractivity contribution in [2.24, 2.45) is 0 Å². The Labute approximate surface area is 180 Å². The number of benzene rings is 2. The first-order chi connectivity index (χ1) is 15.5. The van der Waals surface area contributed by atoms with Gasteiger partial charge in [0.2, 0.25) is 0 Å². The highest BCUT2D eigenvalue weighted by atomic mass is 16.4. The maximum Gasteiger partial charge on any atom is 0.347 e. The molecule has 0 saturated heterocycles. The van der Waals surface area contributed by atoms with Gasteiger partial charge in [0.15, 0.2) is 0 Å². The third-order valence-electron chi connectivity index (χ3n) is 5.39. The van der Waals surface area contributed by atoms with Crippen molar-refractivity contribution in [2.45, 2.75) is 26.2 Å². The molecule has 0 atom stereocenters. The lowest BCUT2D eigenvalue weighted by molar-refractivity contribution is 0.0904. The van der Waals surface area contributed by atoms with Crippen molar-refractivity contribution >= 4 is 38.7 Å². The van der Waals surface area contributed by atoms with Gasteiger partial charge in [-0.15, -0.1) is 0 Å². The predicted octanol–water partition coefficient (Wildman–Crippen LogP) is 3.79. The van der Waals surface area contributed by atoms with Gasteiger partial charge >= 0.3 is 11.3 Å². The Hall–Kier alpha value is -4.20. The number of phenols is 1. The maximum absolute atomic E-state index is 13.4. The molecule has 0 unspecified atom stereocenters. The summed E-state index contributed by atoms with van der Waals surface area (Å²) in [6.07, 6.45) is 1.10. The van der Waals surface area contributed by atoms with E-state index in [1.165, 1.54) is 22.9 Å². The normalized spacial score (nSPS) is 11.5. The van der Waals surface area contributed by atoms with Crippen molar-refractivity contribution in [2.75, 3.05) is 0 Å². The lowest BCUT2D eigenvalue weighted by atomic mass is 10.1. The predicted molar refractivity (Wildman–Crippen MR) is 118 cm³/mol. The van der Waals surface area contributed by atoms with Crippen LogP contribution in [0.4, 0.5) is 0 Å². The van der Waals surface area contributed by atoms with Gasteiger partial charge in [-0.2, -0.15) is 9.78 Å². The first kappa shape index (κ1) is 19.7. The van der Waals surface area contributed by atoms with E-state index in [9.17, 15) is 19.5 Å². The minimum Gasteiger partial charge on any atom is -0.508 e. The fraction of sp³-hybridized carbons (Fsp3) is 0.167. The molecule has 5 rings (SSSR count). The first-order valence-corrected chi connectivity index (χ1v) is 10.2. The van der Waals surface area contributed by atoms with E-state index in [1.54, 1.807) is 30.3 Å². The number of aromatic nitrogens is 2. The molecule has 0 aliphatic carbocycles. The summed E-state index contributed by atoms with van der Waals surface area (Å²) in [7, 11) is 0. The number of fused-ring (bicyclic) bond motifs is 4. The van der Waals surface area contributed by atoms with Gasteiger partial charge in [-0.1, -0.05) is 25.5 Å². The van der Waals surface area contributed by atoms with Crippen LogP contribution in [0.15, 0.2) is 67.0 Å². The molecule has 0 bridgehead atoms. The van der Waals surface area contributed by atoms with Crippen LogP contribution in [0.2, 0.25) is 0 Å². The third-order valence-corrected chi connectivity index (χ3v) is 5.39. The van der Waals surface area contributed by atoms with Gasteiger partial charge < -0.3 is 13.9 Å². The highest BCUT2D eigenvalue weighted by Crippen LogP contribution is 2.27. The number of para-hydroxylation sites is 1. The van der Waals surface area contributed by atoms with Crippen LogP contribution in [-0.2, 0) is 12.8 Å². The van der Waals surface area contributed by atoms with Crippen molar-refractivity contribution in [3.63, 3.8) is 0 Å². The van der Waals surface area contributed by atoms with Gasteiger partial charge in [0, 0.05) is 22.9 Å². The number of hydrogen-bond donors (Lipinski definition) is 1. The van der Waals surface area contributed by atoms with E-state index in [2.05, 4.69) is 5.10 Å². The highest BCUT2D eigenvalue weighted by molar-refractivity contribution is 6.07. The summed E-state index contributed by atoms with van der Waals surface area (Å²) in [5.74, 6) is -0.460. The summed E-state index contributed by atoms with van der Waals surface area (Å²) < 4.78 is 11.8. The van der Waals surface area contributed by atoms with Crippen molar-refractivity contribution < 1.29 is 18.7 Å². The molecule has 3 heterocycles. The molecule has 0 amide bonds. The van der Waals surface area contributed by atoms with Crippen LogP contribution in [0.1, 0.15) is 29.4 Å². The van der Waals surface area contributed by atoms with Crippen molar-refractivity contribution in [1.82, 2.24) is 9.78 Å². The van der Waals surface area contributed by atoms with Gasteiger partial charge in [-0.05, 0) is 36.2 Å². The largest absolute Gasteiger partial charge is 0.508 e. The molecule has 1 N–H and O–H groups in total. The molecule has 160 valence electrons. The summed E-state index contributed by atoms with van der Waals surface area (Å²) in [6.45, 7) is 1.96. The average molecular weight is 430 g/mol. The average Bonchev–Trinajstić information content (AvgIpc) is 3.14. The number of phenolic OH excluding ortho intramolecular Hbond substituents is 1. The standard InChI is InChI=1S/C24H18N2O6/c1-2-5-17-22-23(16-6-3-4-7-18(16)32-24(22)30)26(25-17)20(28)10-13-11-21(29)31-19-12-14(27)8-9-15(13)19/h3-4,6-9,11-12,27H,2,5,10H2,1H3. The lowest BCUT2D eigenvalue weighted by Crippen LogP contribution is -2.17. The molecule has 0 spiro atoms. The molecule has 0 saturated carbocycles. The van der Waals surface area contributed by atoms with Crippen molar-refractivity contribution in [3.8, 4) is 5.75 Å². The van der Waals surface area contributed by atoms with E-state index in [1.807, 2.05) is 6.92 Å². The Morgan fingerprint density at radius 3 is 2.66 bits per heavy atom. The zero-order valence-corrected chi connectivity index (χ0v) is 17.1. The number of aromatic hydroxyl groups is 1. The van der Waals surface area contributed by atoms with Gasteiger partial charge in [0.25, 0.3) is 5.91 Å². The zero-order valence-electron chi connectivity index (χ0n) is 17.1. The fourth-order valence-electron chi connectivity index (χ4n) is 4.02. The SMILES string of the molecule is CCCc1nn(C(=O)Cc2cc(=O)oc3cc(O)ccc23)c2c1c(=O)oc1ccccc12. The Kier molecular flexibility index (Phi) is 4.62. The zero-order chi connectivity index (χ0) is 22.4. The van der Waals surface area contributed by atoms with E-state index >= 15 is 0 Å². The molecule has 0 aliphatic heterocycles. The molecule has 8 heteroatoms. The third kappa shape index (κ3) is 3.17. The Balaban J connectivity index is 1.72. The van der Waals surface area contributed by atoms with Crippen molar-refractivity contribution in [1.29, 1.82) is 0 Å². The van der Waals surface area contributed by atoms with E-state index in [4.69, 9.17) is 8.83 Å². The molecular formula is C24H18N2O6. The molecule has 0 aliphatic rings. The van der Waals surface area contributed by atoms with Crippen LogP contribution in [-0.4, -0.2) is 20.8 Å². The minimum atomic E-state index is -0.631. The van der Waals surface area contributed by atoms with Gasteiger partial charge in [0.05, 0.1) is 17.6 Å². The van der Waals surface area contributed by atoms with Crippen LogP contribution >= 0.6 is 0 Å². The summed E-state index contributed by atoms with van der Waals surface area (Å²) in [4.78, 5) is 38.2. The fourth-order valence-corrected chi connectivity index (χ4v) is 4.02. The molecule has 8 nitrogen and oxygen atoms in total. The van der Waals surface area contributed by atoms with E-state index in [-0.39, 0.29) is 17.8 Å². The van der Waals surface area contributed by atoms with Gasteiger partial charge in [0.1, 0.15) is 22.3 Å². The second-order valence-corrected chi connectivity index (χ2v) is 7.56. The Morgan fingerprint density at radius 1 is 1.03 bits per heavy atom.